The molecule has 0 aromatic heterocycles. The highest BCUT2D eigenvalue weighted by Gasteiger charge is 2.24. The molecule has 1 aromatic carbocycles. The smallest absolute Gasteiger partial charge is 0.159 e. The van der Waals surface area contributed by atoms with Crippen LogP contribution in [0.15, 0.2) is 18.2 Å². The van der Waals surface area contributed by atoms with E-state index in [1.54, 1.807) is 6.07 Å². The maximum Gasteiger partial charge on any atom is 0.159 e. The highest BCUT2D eigenvalue weighted by Crippen LogP contribution is 2.33. The molecule has 0 spiro atoms. The van der Waals surface area contributed by atoms with Crippen molar-refractivity contribution in [2.75, 3.05) is 13.6 Å². The quantitative estimate of drug-likeness (QED) is 0.846. The minimum absolute atomic E-state index is 0.530. The van der Waals surface area contributed by atoms with E-state index in [1.807, 2.05) is 7.05 Å². The first-order valence-electron chi connectivity index (χ1n) is 6.79. The third-order valence-corrected chi connectivity index (χ3v) is 4.01. The highest BCUT2D eigenvalue weighted by atomic mass is 19.2. The van der Waals surface area contributed by atoms with Crippen molar-refractivity contribution in [3.05, 3.63) is 35.4 Å². The monoisotopic (exact) mass is 253 g/mol. The number of halogens is 2. The molecule has 0 saturated heterocycles. The van der Waals surface area contributed by atoms with Crippen LogP contribution in [-0.2, 0) is 6.42 Å². The van der Waals surface area contributed by atoms with Gasteiger partial charge in [-0.1, -0.05) is 31.7 Å². The Morgan fingerprint density at radius 1 is 1.22 bits per heavy atom. The van der Waals surface area contributed by atoms with Crippen LogP contribution < -0.4 is 5.32 Å². The second-order valence-electron chi connectivity index (χ2n) is 5.31. The lowest BCUT2D eigenvalue weighted by atomic mass is 9.85. The molecule has 0 heterocycles. The highest BCUT2D eigenvalue weighted by molar-refractivity contribution is 5.18. The summed E-state index contributed by atoms with van der Waals surface area (Å²) < 4.78 is 26.1. The molecule has 1 aliphatic rings. The summed E-state index contributed by atoms with van der Waals surface area (Å²) in [7, 11) is 1.95. The number of benzene rings is 1. The average Bonchev–Trinajstić information content (AvgIpc) is 2.87. The van der Waals surface area contributed by atoms with Crippen LogP contribution in [0.3, 0.4) is 0 Å². The molecule has 100 valence electrons. The first-order chi connectivity index (χ1) is 8.70. The Morgan fingerprint density at radius 2 is 1.94 bits per heavy atom. The molecule has 1 aliphatic carbocycles. The van der Waals surface area contributed by atoms with Crippen molar-refractivity contribution in [1.29, 1.82) is 0 Å². The Morgan fingerprint density at radius 3 is 2.56 bits per heavy atom. The zero-order valence-electron chi connectivity index (χ0n) is 10.9. The fraction of sp³-hybridized carbons (Fsp3) is 0.600. The minimum Gasteiger partial charge on any atom is -0.319 e. The van der Waals surface area contributed by atoms with Gasteiger partial charge in [0.1, 0.15) is 0 Å². The number of hydrogen-bond acceptors (Lipinski definition) is 1. The Kier molecular flexibility index (Phi) is 4.70. The van der Waals surface area contributed by atoms with Gasteiger partial charge in [-0.05, 0) is 49.5 Å². The third kappa shape index (κ3) is 3.29. The molecule has 1 unspecified atom stereocenters. The van der Waals surface area contributed by atoms with Crippen LogP contribution in [-0.4, -0.2) is 13.6 Å². The van der Waals surface area contributed by atoms with Gasteiger partial charge in [0.2, 0.25) is 0 Å². The van der Waals surface area contributed by atoms with Gasteiger partial charge in [-0.3, -0.25) is 0 Å². The zero-order valence-corrected chi connectivity index (χ0v) is 10.9. The summed E-state index contributed by atoms with van der Waals surface area (Å²) in [6.07, 6.45) is 6.00. The third-order valence-electron chi connectivity index (χ3n) is 4.01. The van der Waals surface area contributed by atoms with E-state index in [0.717, 1.165) is 24.4 Å². The van der Waals surface area contributed by atoms with E-state index < -0.39 is 11.6 Å². The van der Waals surface area contributed by atoms with Gasteiger partial charge in [-0.15, -0.1) is 0 Å². The van der Waals surface area contributed by atoms with Crippen LogP contribution in [0, 0.1) is 23.5 Å². The summed E-state index contributed by atoms with van der Waals surface area (Å²) in [5.41, 5.74) is 0.904. The lowest BCUT2D eigenvalue weighted by Crippen LogP contribution is -2.26. The van der Waals surface area contributed by atoms with Gasteiger partial charge in [-0.2, -0.15) is 0 Å². The van der Waals surface area contributed by atoms with E-state index in [4.69, 9.17) is 0 Å². The number of nitrogens with one attached hydrogen (secondary N) is 1. The van der Waals surface area contributed by atoms with Crippen LogP contribution in [0.2, 0.25) is 0 Å². The second-order valence-corrected chi connectivity index (χ2v) is 5.31. The summed E-state index contributed by atoms with van der Waals surface area (Å²) >= 11 is 0. The zero-order chi connectivity index (χ0) is 13.0. The molecule has 1 fully saturated rings. The van der Waals surface area contributed by atoms with Crippen molar-refractivity contribution in [3.63, 3.8) is 0 Å². The molecule has 1 nitrogen and oxygen atoms in total. The average molecular weight is 253 g/mol. The molecular formula is C15H21F2N. The predicted molar refractivity (Wildman–Crippen MR) is 69.4 cm³/mol. The van der Waals surface area contributed by atoms with E-state index in [2.05, 4.69) is 5.32 Å². The molecule has 0 aliphatic heterocycles. The van der Waals surface area contributed by atoms with Crippen molar-refractivity contribution in [3.8, 4) is 0 Å². The largest absolute Gasteiger partial charge is 0.319 e. The molecule has 1 N–H and O–H groups in total. The Balaban J connectivity index is 2.04. The molecule has 0 bridgehead atoms. The molecule has 18 heavy (non-hydrogen) atoms. The normalized spacial score (nSPS) is 18.2. The lowest BCUT2D eigenvalue weighted by Gasteiger charge is -2.23. The minimum atomic E-state index is -0.759. The Labute approximate surface area is 108 Å². The topological polar surface area (TPSA) is 12.0 Å². The van der Waals surface area contributed by atoms with Gasteiger partial charge in [-0.25, -0.2) is 8.78 Å². The first-order valence-corrected chi connectivity index (χ1v) is 6.79. The Bertz CT molecular complexity index is 386. The maximum atomic E-state index is 13.2. The number of rotatable bonds is 5. The van der Waals surface area contributed by atoms with Gasteiger partial charge >= 0.3 is 0 Å². The van der Waals surface area contributed by atoms with Crippen LogP contribution in [0.25, 0.3) is 0 Å². The second kappa shape index (κ2) is 6.28. The number of hydrogen-bond donors (Lipinski definition) is 1. The van der Waals surface area contributed by atoms with Crippen molar-refractivity contribution in [1.82, 2.24) is 5.32 Å². The van der Waals surface area contributed by atoms with Crippen LogP contribution in [0.1, 0.15) is 31.2 Å². The summed E-state index contributed by atoms with van der Waals surface area (Å²) in [6, 6.07) is 4.28. The van der Waals surface area contributed by atoms with E-state index in [1.165, 1.54) is 37.8 Å². The van der Waals surface area contributed by atoms with E-state index in [9.17, 15) is 8.78 Å². The van der Waals surface area contributed by atoms with E-state index in [-0.39, 0.29) is 0 Å². The summed E-state index contributed by atoms with van der Waals surface area (Å²) in [5.74, 6) is -0.236. The van der Waals surface area contributed by atoms with Gasteiger partial charge in [0, 0.05) is 0 Å². The fourth-order valence-electron chi connectivity index (χ4n) is 3.07. The van der Waals surface area contributed by atoms with Gasteiger partial charge in [0.15, 0.2) is 11.6 Å². The van der Waals surface area contributed by atoms with E-state index >= 15 is 0 Å². The molecule has 0 radical (unpaired) electrons. The molecule has 1 aromatic rings. The summed E-state index contributed by atoms with van der Waals surface area (Å²) in [4.78, 5) is 0. The lowest BCUT2D eigenvalue weighted by molar-refractivity contribution is 0.327. The molecule has 1 atom stereocenters. The maximum absolute atomic E-state index is 13.2. The molecular weight excluding hydrogens is 232 g/mol. The van der Waals surface area contributed by atoms with Crippen molar-refractivity contribution >= 4 is 0 Å². The van der Waals surface area contributed by atoms with Gasteiger partial charge in [0.05, 0.1) is 0 Å². The Hall–Kier alpha value is -0.960. The van der Waals surface area contributed by atoms with Crippen molar-refractivity contribution < 1.29 is 8.78 Å². The van der Waals surface area contributed by atoms with Crippen LogP contribution in [0.4, 0.5) is 8.78 Å². The van der Waals surface area contributed by atoms with Crippen LogP contribution >= 0.6 is 0 Å². The van der Waals surface area contributed by atoms with Crippen LogP contribution in [0.5, 0.6) is 0 Å². The molecule has 3 heteroatoms. The molecule has 0 amide bonds. The first kappa shape index (κ1) is 13.5. The summed E-state index contributed by atoms with van der Waals surface area (Å²) in [5, 5.41) is 3.22. The SMILES string of the molecule is CNCC(Cc1ccc(F)c(F)c1)C1CCCC1. The molecule has 1 saturated carbocycles. The van der Waals surface area contributed by atoms with Crippen molar-refractivity contribution in [2.45, 2.75) is 32.1 Å². The fourth-order valence-corrected chi connectivity index (χ4v) is 3.07. The standard InChI is InChI=1S/C15H21F2N/c1-18-10-13(12-4-2-3-5-12)8-11-6-7-14(16)15(17)9-11/h6-7,9,12-13,18H,2-5,8,10H2,1H3. The summed E-state index contributed by atoms with van der Waals surface area (Å²) in [6.45, 7) is 0.948. The predicted octanol–water partition coefficient (Wildman–Crippen LogP) is 3.53. The van der Waals surface area contributed by atoms with Gasteiger partial charge < -0.3 is 5.32 Å². The van der Waals surface area contributed by atoms with Crippen molar-refractivity contribution in [2.24, 2.45) is 11.8 Å². The molecule has 2 rings (SSSR count). The van der Waals surface area contributed by atoms with Gasteiger partial charge in [0.25, 0.3) is 0 Å². The van der Waals surface area contributed by atoms with E-state index in [0.29, 0.717) is 5.92 Å².